The number of nitrogens with zero attached hydrogens (tertiary/aromatic N) is 3. The Bertz CT molecular complexity index is 1120. The molecule has 4 nitrogen and oxygen atoms in total. The van der Waals surface area contributed by atoms with Crippen LogP contribution in [0.25, 0.3) is 0 Å². The summed E-state index contributed by atoms with van der Waals surface area (Å²) in [4.78, 5) is 7.03. The normalized spacial score (nSPS) is 21.4. The number of hydrogen-bond acceptors (Lipinski definition) is 2. The number of benzene rings is 1. The Morgan fingerprint density at radius 2 is 1.69 bits per heavy atom. The van der Waals surface area contributed by atoms with Crippen LogP contribution in [0.5, 0.6) is 0 Å². The first-order chi connectivity index (χ1) is 15.4. The van der Waals surface area contributed by atoms with Crippen molar-refractivity contribution in [1.82, 2.24) is 14.9 Å². The minimum atomic E-state index is 0.00189. The molecule has 2 atom stereocenters. The number of nitrogens with one attached hydrogen (secondary N) is 1. The second-order valence-corrected chi connectivity index (χ2v) is 9.86. The summed E-state index contributed by atoms with van der Waals surface area (Å²) in [7, 11) is 0. The van der Waals surface area contributed by atoms with E-state index in [2.05, 4.69) is 78.9 Å². The third-order valence-corrected chi connectivity index (χ3v) is 7.43. The van der Waals surface area contributed by atoms with E-state index in [1.54, 1.807) is 0 Å². The van der Waals surface area contributed by atoms with Gasteiger partial charge in [-0.25, -0.2) is 0 Å². The number of aryl methyl sites for hydroxylation is 3. The van der Waals surface area contributed by atoms with Crippen LogP contribution in [0.3, 0.4) is 0 Å². The molecule has 0 amide bonds. The Morgan fingerprint density at radius 1 is 0.969 bits per heavy atom. The highest BCUT2D eigenvalue weighted by Crippen LogP contribution is 2.45. The minimum Gasteiger partial charge on any atom is -0.351 e. The second kappa shape index (κ2) is 8.36. The molecule has 1 aromatic carbocycles. The molecule has 3 heterocycles. The van der Waals surface area contributed by atoms with Crippen molar-refractivity contribution >= 4 is 23.0 Å². The highest BCUT2D eigenvalue weighted by Gasteiger charge is 2.42. The van der Waals surface area contributed by atoms with Crippen molar-refractivity contribution < 1.29 is 0 Å². The highest BCUT2D eigenvalue weighted by molar-refractivity contribution is 7.80. The van der Waals surface area contributed by atoms with E-state index in [0.29, 0.717) is 6.04 Å². The number of hydrogen-bond donors (Lipinski definition) is 1. The molecular formula is C27H32N4S. The van der Waals surface area contributed by atoms with Crippen LogP contribution in [0.15, 0.2) is 48.7 Å². The van der Waals surface area contributed by atoms with E-state index in [-0.39, 0.29) is 12.1 Å². The SMILES string of the molecule is Cc1cc(C)cc(N2C(=S)N[C@@H](c3ccccn3)[C@@H]2c2cc(C)n(C3CCCC3)c2C)c1. The largest absolute Gasteiger partial charge is 0.351 e. The van der Waals surface area contributed by atoms with Gasteiger partial charge in [-0.1, -0.05) is 25.0 Å². The van der Waals surface area contributed by atoms with Gasteiger partial charge in [-0.3, -0.25) is 4.98 Å². The number of aromatic nitrogens is 2. The van der Waals surface area contributed by atoms with Crippen LogP contribution in [0.1, 0.15) is 77.6 Å². The minimum absolute atomic E-state index is 0.00189. The maximum absolute atomic E-state index is 5.93. The quantitative estimate of drug-likeness (QED) is 0.472. The van der Waals surface area contributed by atoms with Crippen LogP contribution >= 0.6 is 12.2 Å². The maximum Gasteiger partial charge on any atom is 0.174 e. The third kappa shape index (κ3) is 3.62. The summed E-state index contributed by atoms with van der Waals surface area (Å²) in [5.41, 5.74) is 8.73. The van der Waals surface area contributed by atoms with Crippen LogP contribution < -0.4 is 10.2 Å². The fourth-order valence-corrected chi connectivity index (χ4v) is 6.21. The molecule has 0 bridgehead atoms. The van der Waals surface area contributed by atoms with Crippen LogP contribution in [0.2, 0.25) is 0 Å². The molecule has 1 aliphatic heterocycles. The topological polar surface area (TPSA) is 33.1 Å². The van der Waals surface area contributed by atoms with Gasteiger partial charge in [0, 0.05) is 29.3 Å². The lowest BCUT2D eigenvalue weighted by Gasteiger charge is -2.29. The summed E-state index contributed by atoms with van der Waals surface area (Å²) < 4.78 is 2.58. The molecule has 32 heavy (non-hydrogen) atoms. The molecule has 3 aromatic rings. The Kier molecular flexibility index (Phi) is 5.54. The molecular weight excluding hydrogens is 412 g/mol. The molecule has 5 heteroatoms. The van der Waals surface area contributed by atoms with Crippen LogP contribution in [0.4, 0.5) is 5.69 Å². The van der Waals surface area contributed by atoms with Crippen molar-refractivity contribution in [3.05, 3.63) is 82.4 Å². The summed E-state index contributed by atoms with van der Waals surface area (Å²) in [6.07, 6.45) is 7.09. The van der Waals surface area contributed by atoms with E-state index < -0.39 is 0 Å². The van der Waals surface area contributed by atoms with Crippen molar-refractivity contribution in [2.24, 2.45) is 0 Å². The number of anilines is 1. The molecule has 2 aliphatic rings. The predicted octanol–water partition coefficient (Wildman–Crippen LogP) is 6.41. The van der Waals surface area contributed by atoms with Gasteiger partial charge in [0.05, 0.1) is 17.8 Å². The predicted molar refractivity (Wildman–Crippen MR) is 135 cm³/mol. The maximum atomic E-state index is 5.93. The fourth-order valence-electron chi connectivity index (χ4n) is 5.87. The molecule has 2 fully saturated rings. The van der Waals surface area contributed by atoms with Crippen molar-refractivity contribution in [3.63, 3.8) is 0 Å². The van der Waals surface area contributed by atoms with Gasteiger partial charge in [-0.15, -0.1) is 0 Å². The van der Waals surface area contributed by atoms with Crippen molar-refractivity contribution in [3.8, 4) is 0 Å². The number of rotatable bonds is 4. The highest BCUT2D eigenvalue weighted by atomic mass is 32.1. The van der Waals surface area contributed by atoms with Gasteiger partial charge >= 0.3 is 0 Å². The van der Waals surface area contributed by atoms with Gasteiger partial charge in [-0.2, -0.15) is 0 Å². The van der Waals surface area contributed by atoms with Crippen LogP contribution in [-0.2, 0) is 0 Å². The van der Waals surface area contributed by atoms with Gasteiger partial charge in [0.25, 0.3) is 0 Å². The first kappa shape index (κ1) is 21.2. The van der Waals surface area contributed by atoms with Crippen molar-refractivity contribution in [2.75, 3.05) is 4.90 Å². The van der Waals surface area contributed by atoms with Gasteiger partial charge in [-0.05, 0) is 99.8 Å². The monoisotopic (exact) mass is 444 g/mol. The summed E-state index contributed by atoms with van der Waals surface area (Å²) in [6.45, 7) is 8.85. The Labute approximate surface area is 196 Å². The fraction of sp³-hybridized carbons (Fsp3) is 0.407. The Balaban J connectivity index is 1.66. The smallest absolute Gasteiger partial charge is 0.174 e. The van der Waals surface area contributed by atoms with Crippen molar-refractivity contribution in [2.45, 2.75) is 71.5 Å². The Hall–Kier alpha value is -2.66. The van der Waals surface area contributed by atoms with E-state index in [1.165, 1.54) is 53.8 Å². The van der Waals surface area contributed by atoms with E-state index in [1.807, 2.05) is 12.3 Å². The zero-order valence-electron chi connectivity index (χ0n) is 19.4. The van der Waals surface area contributed by atoms with Crippen molar-refractivity contribution in [1.29, 1.82) is 0 Å². The van der Waals surface area contributed by atoms with Gasteiger partial charge in [0.15, 0.2) is 5.11 Å². The lowest BCUT2D eigenvalue weighted by Crippen LogP contribution is -2.29. The number of pyridine rings is 1. The Morgan fingerprint density at radius 3 is 2.34 bits per heavy atom. The molecule has 5 rings (SSSR count). The average molecular weight is 445 g/mol. The zero-order valence-corrected chi connectivity index (χ0v) is 20.2. The first-order valence-corrected chi connectivity index (χ1v) is 12.1. The molecule has 1 saturated heterocycles. The average Bonchev–Trinajstić information content (AvgIpc) is 3.46. The van der Waals surface area contributed by atoms with Crippen LogP contribution in [0, 0.1) is 27.7 Å². The summed E-state index contributed by atoms with van der Waals surface area (Å²) in [6, 6.07) is 15.9. The van der Waals surface area contributed by atoms with Gasteiger partial charge in [0.2, 0.25) is 0 Å². The second-order valence-electron chi connectivity index (χ2n) is 9.48. The summed E-state index contributed by atoms with van der Waals surface area (Å²) in [5.74, 6) is 0. The summed E-state index contributed by atoms with van der Waals surface area (Å²) >= 11 is 5.93. The molecule has 2 aromatic heterocycles. The third-order valence-electron chi connectivity index (χ3n) is 7.11. The first-order valence-electron chi connectivity index (χ1n) is 11.7. The van der Waals surface area contributed by atoms with Gasteiger partial charge < -0.3 is 14.8 Å². The van der Waals surface area contributed by atoms with Crippen LogP contribution in [-0.4, -0.2) is 14.7 Å². The number of thiocarbonyl (C=S) groups is 1. The molecule has 0 unspecified atom stereocenters. The molecule has 1 N–H and O–H groups in total. The standard InChI is InChI=1S/C27H32N4S/c1-17-13-18(2)15-22(14-17)31-26(25(29-27(31)32)24-11-7-8-12-28-24)23-16-19(3)30(20(23)4)21-9-5-6-10-21/h7-8,11-16,21,25-26H,5-6,9-10H2,1-4H3,(H,29,32)/t25-,26-/m0/s1. The molecule has 1 saturated carbocycles. The van der Waals surface area contributed by atoms with Gasteiger partial charge in [0.1, 0.15) is 0 Å². The van der Waals surface area contributed by atoms with E-state index in [9.17, 15) is 0 Å². The lowest BCUT2D eigenvalue weighted by molar-refractivity contribution is 0.494. The molecule has 1 aliphatic carbocycles. The molecule has 0 radical (unpaired) electrons. The zero-order chi connectivity index (χ0) is 22.4. The molecule has 0 spiro atoms. The van der Waals surface area contributed by atoms with E-state index >= 15 is 0 Å². The molecule has 166 valence electrons. The summed E-state index contributed by atoms with van der Waals surface area (Å²) in [5, 5.41) is 4.38. The lowest BCUT2D eigenvalue weighted by atomic mass is 9.96. The van der Waals surface area contributed by atoms with E-state index in [0.717, 1.165) is 16.5 Å². The van der Waals surface area contributed by atoms with E-state index in [4.69, 9.17) is 17.2 Å².